The van der Waals surface area contributed by atoms with E-state index in [1.807, 2.05) is 44.3 Å². The van der Waals surface area contributed by atoms with Gasteiger partial charge < -0.3 is 10.2 Å². The zero-order valence-corrected chi connectivity index (χ0v) is 14.0. The van der Waals surface area contributed by atoms with Gasteiger partial charge in [-0.15, -0.1) is 0 Å². The summed E-state index contributed by atoms with van der Waals surface area (Å²) < 4.78 is 1.65. The van der Waals surface area contributed by atoms with Crippen LogP contribution in [-0.2, 0) is 0 Å². The van der Waals surface area contributed by atoms with Crippen molar-refractivity contribution < 1.29 is 4.79 Å². The molecule has 0 radical (unpaired) electrons. The largest absolute Gasteiger partial charge is 0.336 e. The number of likely N-dealkylation sites (tertiary alicyclic amines) is 1. The standard InChI is InChI=1S/C18H22N4O2/c1-13-11-16(23)17(20-22(13)15-8-4-3-5-9-15)18(24)21-10-6-7-14(12-21)19-2/h3-5,8-9,11,14,19H,6-7,10,12H2,1-2H3. The predicted octanol–water partition coefficient (Wildman–Crippen LogP) is 1.36. The maximum absolute atomic E-state index is 12.8. The van der Waals surface area contributed by atoms with Crippen molar-refractivity contribution in [1.29, 1.82) is 0 Å². The summed E-state index contributed by atoms with van der Waals surface area (Å²) in [5, 5.41) is 7.56. The number of hydrogen-bond acceptors (Lipinski definition) is 4. The minimum absolute atomic E-state index is 0.0128. The van der Waals surface area contributed by atoms with E-state index in [2.05, 4.69) is 10.4 Å². The SMILES string of the molecule is CNC1CCCN(C(=O)c2nn(-c3ccccc3)c(C)cc2=O)C1. The first-order valence-corrected chi connectivity index (χ1v) is 8.23. The van der Waals surface area contributed by atoms with E-state index in [1.54, 1.807) is 9.58 Å². The quantitative estimate of drug-likeness (QED) is 0.925. The maximum Gasteiger partial charge on any atom is 0.278 e. The third-order valence-corrected chi connectivity index (χ3v) is 4.43. The summed E-state index contributed by atoms with van der Waals surface area (Å²) in [5.41, 5.74) is 1.20. The summed E-state index contributed by atoms with van der Waals surface area (Å²) in [5.74, 6) is -0.287. The van der Waals surface area contributed by atoms with Gasteiger partial charge in [-0.1, -0.05) is 18.2 Å². The van der Waals surface area contributed by atoms with Crippen LogP contribution in [0.5, 0.6) is 0 Å². The lowest BCUT2D eigenvalue weighted by molar-refractivity contribution is 0.0688. The molecule has 24 heavy (non-hydrogen) atoms. The van der Waals surface area contributed by atoms with Crippen molar-refractivity contribution >= 4 is 5.91 Å². The Kier molecular flexibility index (Phi) is 4.76. The highest BCUT2D eigenvalue weighted by atomic mass is 16.2. The van der Waals surface area contributed by atoms with Gasteiger partial charge in [0, 0.05) is 30.9 Å². The molecular weight excluding hydrogens is 304 g/mol. The molecule has 2 aromatic rings. The molecule has 0 aliphatic carbocycles. The van der Waals surface area contributed by atoms with Crippen molar-refractivity contribution in [3.8, 4) is 5.69 Å². The Morgan fingerprint density at radius 3 is 2.75 bits per heavy atom. The zero-order chi connectivity index (χ0) is 17.1. The van der Waals surface area contributed by atoms with E-state index in [4.69, 9.17) is 0 Å². The van der Waals surface area contributed by atoms with Gasteiger partial charge in [-0.3, -0.25) is 9.59 Å². The number of hydrogen-bond donors (Lipinski definition) is 1. The predicted molar refractivity (Wildman–Crippen MR) is 92.6 cm³/mol. The number of nitrogens with zero attached hydrogens (tertiary/aromatic N) is 3. The van der Waals surface area contributed by atoms with Gasteiger partial charge in [0.15, 0.2) is 5.69 Å². The number of rotatable bonds is 3. The molecule has 1 N–H and O–H groups in total. The Morgan fingerprint density at radius 2 is 2.04 bits per heavy atom. The number of benzene rings is 1. The molecule has 1 aromatic heterocycles. The fourth-order valence-electron chi connectivity index (χ4n) is 3.07. The molecule has 126 valence electrons. The Bertz CT molecular complexity index is 785. The van der Waals surface area contributed by atoms with Crippen LogP contribution in [0.4, 0.5) is 0 Å². The molecule has 1 amide bonds. The van der Waals surface area contributed by atoms with Crippen LogP contribution in [0, 0.1) is 6.92 Å². The molecule has 1 fully saturated rings. The molecule has 1 aromatic carbocycles. The zero-order valence-electron chi connectivity index (χ0n) is 14.0. The minimum Gasteiger partial charge on any atom is -0.336 e. The first-order chi connectivity index (χ1) is 11.6. The Morgan fingerprint density at radius 1 is 1.29 bits per heavy atom. The Labute approximate surface area is 141 Å². The van der Waals surface area contributed by atoms with Gasteiger partial charge in [0.25, 0.3) is 5.91 Å². The minimum atomic E-state index is -0.323. The summed E-state index contributed by atoms with van der Waals surface area (Å²) in [6, 6.07) is 11.3. The molecule has 1 aliphatic heterocycles. The van der Waals surface area contributed by atoms with Crippen LogP contribution in [-0.4, -0.2) is 46.8 Å². The lowest BCUT2D eigenvalue weighted by Crippen LogP contribution is -2.48. The third kappa shape index (κ3) is 3.23. The summed E-state index contributed by atoms with van der Waals surface area (Å²) in [6.07, 6.45) is 1.96. The summed E-state index contributed by atoms with van der Waals surface area (Å²) in [6.45, 7) is 3.08. The highest BCUT2D eigenvalue weighted by Gasteiger charge is 2.26. The number of piperidine rings is 1. The molecule has 6 heteroatoms. The molecule has 1 aliphatic rings. The monoisotopic (exact) mass is 326 g/mol. The number of aromatic nitrogens is 2. The van der Waals surface area contributed by atoms with Crippen LogP contribution in [0.15, 0.2) is 41.2 Å². The van der Waals surface area contributed by atoms with Crippen molar-refractivity contribution in [2.24, 2.45) is 0 Å². The van der Waals surface area contributed by atoms with Crippen molar-refractivity contribution in [3.63, 3.8) is 0 Å². The van der Waals surface area contributed by atoms with Crippen molar-refractivity contribution in [1.82, 2.24) is 20.0 Å². The Hall–Kier alpha value is -2.47. The molecule has 0 spiro atoms. The normalized spacial score (nSPS) is 17.8. The van der Waals surface area contributed by atoms with E-state index in [9.17, 15) is 9.59 Å². The fourth-order valence-corrected chi connectivity index (χ4v) is 3.07. The van der Waals surface area contributed by atoms with Gasteiger partial charge in [0.05, 0.1) is 5.69 Å². The highest BCUT2D eigenvalue weighted by molar-refractivity contribution is 5.92. The van der Waals surface area contributed by atoms with Gasteiger partial charge in [-0.2, -0.15) is 5.10 Å². The van der Waals surface area contributed by atoms with E-state index < -0.39 is 0 Å². The van der Waals surface area contributed by atoms with Crippen LogP contribution in [0.1, 0.15) is 29.0 Å². The fraction of sp³-hybridized carbons (Fsp3) is 0.389. The average Bonchev–Trinajstić information content (AvgIpc) is 2.62. The van der Waals surface area contributed by atoms with E-state index in [-0.39, 0.29) is 23.1 Å². The van der Waals surface area contributed by atoms with Gasteiger partial charge in [0.1, 0.15) is 0 Å². The third-order valence-electron chi connectivity index (χ3n) is 4.43. The second-order valence-corrected chi connectivity index (χ2v) is 6.12. The number of nitrogens with one attached hydrogen (secondary N) is 1. The van der Waals surface area contributed by atoms with Gasteiger partial charge >= 0.3 is 0 Å². The molecule has 1 atom stereocenters. The number of carbonyl (C=O) groups excluding carboxylic acids is 1. The van der Waals surface area contributed by atoms with Crippen LogP contribution < -0.4 is 10.7 Å². The first kappa shape index (κ1) is 16.4. The van der Waals surface area contributed by atoms with E-state index >= 15 is 0 Å². The molecule has 0 bridgehead atoms. The molecule has 1 saturated heterocycles. The molecule has 1 unspecified atom stereocenters. The van der Waals surface area contributed by atoms with Crippen molar-refractivity contribution in [3.05, 3.63) is 58.0 Å². The van der Waals surface area contributed by atoms with E-state index in [1.165, 1.54) is 6.07 Å². The van der Waals surface area contributed by atoms with Crippen LogP contribution in [0.2, 0.25) is 0 Å². The van der Waals surface area contributed by atoms with Crippen molar-refractivity contribution in [2.75, 3.05) is 20.1 Å². The molecule has 0 saturated carbocycles. The molecular formula is C18H22N4O2. The summed E-state index contributed by atoms with van der Waals surface area (Å²) in [7, 11) is 1.89. The molecule has 2 heterocycles. The number of likely N-dealkylation sites (N-methyl/N-ethyl adjacent to an activating group) is 1. The van der Waals surface area contributed by atoms with Crippen LogP contribution in [0.25, 0.3) is 5.69 Å². The van der Waals surface area contributed by atoms with Gasteiger partial charge in [-0.25, -0.2) is 4.68 Å². The summed E-state index contributed by atoms with van der Waals surface area (Å²) in [4.78, 5) is 26.8. The topological polar surface area (TPSA) is 67.2 Å². The number of carbonyl (C=O) groups is 1. The van der Waals surface area contributed by atoms with E-state index in [0.29, 0.717) is 18.8 Å². The van der Waals surface area contributed by atoms with Gasteiger partial charge in [-0.05, 0) is 38.9 Å². The van der Waals surface area contributed by atoms with Crippen molar-refractivity contribution in [2.45, 2.75) is 25.8 Å². The maximum atomic E-state index is 12.8. The Balaban J connectivity index is 1.96. The highest BCUT2D eigenvalue weighted by Crippen LogP contribution is 2.13. The average molecular weight is 326 g/mol. The lowest BCUT2D eigenvalue weighted by atomic mass is 10.1. The van der Waals surface area contributed by atoms with Gasteiger partial charge in [0.2, 0.25) is 5.43 Å². The van der Waals surface area contributed by atoms with Crippen LogP contribution in [0.3, 0.4) is 0 Å². The molecule has 6 nitrogen and oxygen atoms in total. The smallest absolute Gasteiger partial charge is 0.278 e. The van der Waals surface area contributed by atoms with E-state index in [0.717, 1.165) is 18.5 Å². The lowest BCUT2D eigenvalue weighted by Gasteiger charge is -2.32. The second-order valence-electron chi connectivity index (χ2n) is 6.12. The number of aryl methyl sites for hydroxylation is 1. The number of amides is 1. The molecule has 3 rings (SSSR count). The van der Waals surface area contributed by atoms with Crippen LogP contribution >= 0.6 is 0 Å². The number of para-hydroxylation sites is 1. The second kappa shape index (κ2) is 6.97. The first-order valence-electron chi connectivity index (χ1n) is 8.23. The summed E-state index contributed by atoms with van der Waals surface area (Å²) >= 11 is 0.